The lowest BCUT2D eigenvalue weighted by Gasteiger charge is -2.50. The number of phenolic OH excluding ortho intramolecular Hbond substituents is 1. The molecule has 14 heteroatoms. The van der Waals surface area contributed by atoms with Gasteiger partial charge in [0.15, 0.2) is 9.75 Å². The minimum Gasteiger partial charge on any atom is -0.508 e. The van der Waals surface area contributed by atoms with E-state index in [1.165, 1.54) is 42.5 Å². The molecule has 2 aliphatic heterocycles. The van der Waals surface area contributed by atoms with Gasteiger partial charge in [-0.3, -0.25) is 39.1 Å². The number of carbonyl (C=O) groups is 4. The van der Waals surface area contributed by atoms with Gasteiger partial charge in [-0.25, -0.2) is 0 Å². The number of nitro groups is 1. The van der Waals surface area contributed by atoms with Gasteiger partial charge in [0.25, 0.3) is 17.5 Å². The number of hydrogen-bond donors (Lipinski definition) is 1. The van der Waals surface area contributed by atoms with Gasteiger partial charge >= 0.3 is 0 Å². The van der Waals surface area contributed by atoms with Gasteiger partial charge in [-0.1, -0.05) is 39.2 Å². The monoisotopic (exact) mass is 681 g/mol. The highest BCUT2D eigenvalue weighted by Crippen LogP contribution is 2.66. The summed E-state index contributed by atoms with van der Waals surface area (Å²) in [5, 5.41) is 22.3. The fourth-order valence-corrected chi connectivity index (χ4v) is 8.43. The first-order valence-corrected chi connectivity index (χ1v) is 14.7. The van der Waals surface area contributed by atoms with Gasteiger partial charge in [0.2, 0.25) is 11.8 Å². The molecule has 1 saturated carbocycles. The number of alkyl halides is 3. The van der Waals surface area contributed by atoms with Crippen molar-refractivity contribution in [1.82, 2.24) is 4.90 Å². The van der Waals surface area contributed by atoms with E-state index in [1.54, 1.807) is 6.08 Å². The van der Waals surface area contributed by atoms with Gasteiger partial charge in [-0.15, -0.1) is 23.2 Å². The highest BCUT2D eigenvalue weighted by Gasteiger charge is 2.76. The van der Waals surface area contributed by atoms with E-state index in [1.807, 2.05) is 0 Å². The minimum atomic E-state index is -2.07. The van der Waals surface area contributed by atoms with Crippen LogP contribution >= 0.6 is 50.7 Å². The molecule has 0 aromatic heterocycles. The van der Waals surface area contributed by atoms with Gasteiger partial charge in [0, 0.05) is 28.6 Å². The lowest BCUT2D eigenvalue weighted by molar-refractivity contribution is -0.384. The molecule has 10 nitrogen and oxygen atoms in total. The number of phenols is 1. The molecular weight excluding hydrogens is 665 g/mol. The lowest BCUT2D eigenvalue weighted by atomic mass is 9.56. The number of carbonyl (C=O) groups excluding carboxylic acids is 4. The molecule has 4 aliphatic rings. The number of non-ortho nitro benzene ring substituents is 1. The van der Waals surface area contributed by atoms with E-state index in [0.717, 1.165) is 9.80 Å². The maximum atomic E-state index is 14.0. The zero-order chi connectivity index (χ0) is 29.6. The van der Waals surface area contributed by atoms with Crippen molar-refractivity contribution in [3.8, 4) is 5.75 Å². The van der Waals surface area contributed by atoms with Crippen molar-refractivity contribution in [1.29, 1.82) is 0 Å². The summed E-state index contributed by atoms with van der Waals surface area (Å²) in [7, 11) is 0. The molecule has 41 heavy (non-hydrogen) atoms. The summed E-state index contributed by atoms with van der Waals surface area (Å²) in [6, 6.07) is 9.29. The molecule has 4 amide bonds. The van der Waals surface area contributed by atoms with Crippen molar-refractivity contribution < 1.29 is 29.2 Å². The third-order valence-electron chi connectivity index (χ3n) is 8.63. The summed E-state index contributed by atoms with van der Waals surface area (Å²) in [6.07, 6.45) is 1.63. The Hall–Kier alpha value is -2.99. The fraction of sp³-hybridized carbons (Fsp3) is 0.333. The van der Waals surface area contributed by atoms with Crippen LogP contribution in [0.2, 0.25) is 5.02 Å². The van der Waals surface area contributed by atoms with E-state index in [-0.39, 0.29) is 46.0 Å². The molecule has 0 bridgehead atoms. The standard InChI is InChI=1S/C27H19BrCl3N3O7/c28-11-32-24(38)26(30)10-18-15(21(27(26,31)25(32)39)17-9-12(29)1-8-19(17)35)6-7-16-20(18)23(37)33(22(16)36)13-2-4-14(5-3-13)34(40)41/h1-6,8-9,16,18,20-21,35H,7,10-11H2. The van der Waals surface area contributed by atoms with Gasteiger partial charge in [0.1, 0.15) is 5.75 Å². The Morgan fingerprint density at radius 1 is 1.02 bits per heavy atom. The molecule has 6 unspecified atom stereocenters. The van der Waals surface area contributed by atoms with E-state index in [9.17, 15) is 34.4 Å². The number of benzene rings is 2. The summed E-state index contributed by atoms with van der Waals surface area (Å²) in [6.45, 7) is 0. The second-order valence-corrected chi connectivity index (χ2v) is 12.7. The number of likely N-dealkylation sites (tertiary alicyclic amines) is 1. The molecule has 2 heterocycles. The molecule has 2 saturated heterocycles. The number of imide groups is 2. The maximum Gasteiger partial charge on any atom is 0.269 e. The van der Waals surface area contributed by atoms with Crippen molar-refractivity contribution in [3.63, 3.8) is 0 Å². The summed E-state index contributed by atoms with van der Waals surface area (Å²) in [4.78, 5) is 63.3. The summed E-state index contributed by atoms with van der Waals surface area (Å²) >= 11 is 23.7. The number of aromatic hydroxyl groups is 1. The molecule has 2 aromatic carbocycles. The Labute approximate surface area is 256 Å². The van der Waals surface area contributed by atoms with Crippen LogP contribution in [0.4, 0.5) is 11.4 Å². The lowest BCUT2D eigenvalue weighted by Crippen LogP contribution is -2.60. The quantitative estimate of drug-likeness (QED) is 0.121. The number of fused-ring (bicyclic) bond motifs is 4. The van der Waals surface area contributed by atoms with Crippen molar-refractivity contribution in [3.05, 3.63) is 74.8 Å². The molecule has 0 spiro atoms. The van der Waals surface area contributed by atoms with E-state index >= 15 is 0 Å². The highest BCUT2D eigenvalue weighted by atomic mass is 79.9. The van der Waals surface area contributed by atoms with E-state index in [2.05, 4.69) is 15.9 Å². The largest absolute Gasteiger partial charge is 0.508 e. The van der Waals surface area contributed by atoms with Crippen LogP contribution in [0.3, 0.4) is 0 Å². The van der Waals surface area contributed by atoms with Crippen molar-refractivity contribution >= 4 is 85.7 Å². The van der Waals surface area contributed by atoms with E-state index < -0.39 is 62.0 Å². The fourth-order valence-electron chi connectivity index (χ4n) is 6.83. The predicted molar refractivity (Wildman–Crippen MR) is 152 cm³/mol. The number of nitrogens with zero attached hydrogens (tertiary/aromatic N) is 3. The molecule has 1 N–H and O–H groups in total. The van der Waals surface area contributed by atoms with E-state index in [4.69, 9.17) is 34.8 Å². The summed E-state index contributed by atoms with van der Waals surface area (Å²) < 4.78 is 0. The average Bonchev–Trinajstić information content (AvgIpc) is 3.28. The molecular formula is C27H19BrCl3N3O7. The Morgan fingerprint density at radius 3 is 2.34 bits per heavy atom. The number of hydrogen-bond acceptors (Lipinski definition) is 7. The van der Waals surface area contributed by atoms with Crippen LogP contribution in [0.15, 0.2) is 54.1 Å². The van der Waals surface area contributed by atoms with Crippen LogP contribution in [0, 0.1) is 27.9 Å². The number of nitro benzene ring substituents is 1. The first-order valence-electron chi connectivity index (χ1n) is 12.5. The van der Waals surface area contributed by atoms with Gasteiger partial charge in [0.05, 0.1) is 27.9 Å². The van der Waals surface area contributed by atoms with Crippen molar-refractivity contribution in [2.24, 2.45) is 17.8 Å². The van der Waals surface area contributed by atoms with Gasteiger partial charge < -0.3 is 5.11 Å². The van der Waals surface area contributed by atoms with Crippen molar-refractivity contribution in [2.75, 3.05) is 10.4 Å². The van der Waals surface area contributed by atoms with Crippen LogP contribution < -0.4 is 4.90 Å². The predicted octanol–water partition coefficient (Wildman–Crippen LogP) is 4.87. The normalized spacial score (nSPS) is 32.5. The number of amides is 4. The molecule has 6 atom stereocenters. The third kappa shape index (κ3) is 3.68. The molecule has 3 fully saturated rings. The molecule has 6 rings (SSSR count). The Balaban J connectivity index is 1.50. The van der Waals surface area contributed by atoms with Crippen LogP contribution in [-0.4, -0.2) is 53.8 Å². The molecule has 2 aromatic rings. The highest BCUT2D eigenvalue weighted by molar-refractivity contribution is 9.09. The molecule has 212 valence electrons. The van der Waals surface area contributed by atoms with Crippen LogP contribution in [0.5, 0.6) is 5.75 Å². The summed E-state index contributed by atoms with van der Waals surface area (Å²) in [5.41, 5.74) is 0.455. The first-order chi connectivity index (χ1) is 19.4. The first kappa shape index (κ1) is 28.1. The van der Waals surface area contributed by atoms with Crippen LogP contribution in [-0.2, 0) is 19.2 Å². The topological polar surface area (TPSA) is 138 Å². The van der Waals surface area contributed by atoms with Crippen molar-refractivity contribution in [2.45, 2.75) is 28.5 Å². The third-order valence-corrected chi connectivity index (χ3v) is 10.8. The zero-order valence-electron chi connectivity index (χ0n) is 20.8. The van der Waals surface area contributed by atoms with Gasteiger partial charge in [-0.05, 0) is 49.1 Å². The Bertz CT molecular complexity index is 1600. The maximum absolute atomic E-state index is 14.0. The smallest absolute Gasteiger partial charge is 0.269 e. The summed E-state index contributed by atoms with van der Waals surface area (Å²) in [5.74, 6) is -6.52. The Morgan fingerprint density at radius 2 is 1.71 bits per heavy atom. The average molecular weight is 684 g/mol. The molecule has 0 radical (unpaired) electrons. The number of halogens is 4. The van der Waals surface area contributed by atoms with Crippen LogP contribution in [0.1, 0.15) is 24.3 Å². The SMILES string of the molecule is O=C1C2CC=C3C(CC4(Cl)C(=O)N(CBr)C(=O)C4(Cl)C3c3cc(Cl)ccc3O)C2C(=O)N1c1ccc([N+](=O)[O-])cc1. The Kier molecular flexibility index (Phi) is 6.53. The molecule has 2 aliphatic carbocycles. The number of allylic oxidation sites excluding steroid dienone is 2. The number of rotatable bonds is 4. The second kappa shape index (κ2) is 9.52. The second-order valence-electron chi connectivity index (χ2n) is 10.5. The van der Waals surface area contributed by atoms with E-state index in [0.29, 0.717) is 5.57 Å². The van der Waals surface area contributed by atoms with Gasteiger partial charge in [-0.2, -0.15) is 0 Å². The number of anilines is 1. The minimum absolute atomic E-state index is 0.120. The zero-order valence-corrected chi connectivity index (χ0v) is 24.7. The van der Waals surface area contributed by atoms with Crippen LogP contribution in [0.25, 0.3) is 0 Å².